The molecule has 1 aliphatic heterocycles. The third kappa shape index (κ3) is 4.25. The highest BCUT2D eigenvalue weighted by molar-refractivity contribution is 7.99. The number of urea groups is 1. The minimum absolute atomic E-state index is 0.0141. The molecule has 2 N–H and O–H groups in total. The molecule has 2 rings (SSSR count). The van der Waals surface area contributed by atoms with E-state index in [1.54, 1.807) is 11.8 Å². The molecule has 0 aliphatic carbocycles. The van der Waals surface area contributed by atoms with E-state index in [-0.39, 0.29) is 12.1 Å². The molecule has 0 bridgehead atoms. The molecule has 114 valence electrons. The molecule has 0 aromatic heterocycles. The molecule has 2 amide bonds. The zero-order valence-electron chi connectivity index (χ0n) is 11.0. The average molecular weight is 333 g/mol. The minimum atomic E-state index is -0.964. The van der Waals surface area contributed by atoms with Crippen molar-refractivity contribution in [3.63, 3.8) is 0 Å². The van der Waals surface area contributed by atoms with Crippen LogP contribution in [-0.4, -0.2) is 46.1 Å². The molecule has 21 heavy (non-hydrogen) atoms. The SMILES string of the molecule is O=C(O)CC1CSCCN1C(=O)Nc1cc(Cl)ccc1F. The number of anilines is 1. The average Bonchev–Trinajstić information content (AvgIpc) is 2.42. The van der Waals surface area contributed by atoms with E-state index in [1.807, 2.05) is 0 Å². The Balaban J connectivity index is 2.10. The van der Waals surface area contributed by atoms with Crippen LogP contribution in [0.25, 0.3) is 0 Å². The van der Waals surface area contributed by atoms with Crippen molar-refractivity contribution in [2.24, 2.45) is 0 Å². The minimum Gasteiger partial charge on any atom is -0.481 e. The van der Waals surface area contributed by atoms with Crippen molar-refractivity contribution < 1.29 is 19.1 Å². The van der Waals surface area contributed by atoms with Gasteiger partial charge in [0.15, 0.2) is 0 Å². The highest BCUT2D eigenvalue weighted by atomic mass is 35.5. The quantitative estimate of drug-likeness (QED) is 0.893. The molecular weight excluding hydrogens is 319 g/mol. The standard InChI is InChI=1S/C13H14ClFN2O3S/c14-8-1-2-10(15)11(5-8)16-13(20)17-3-4-21-7-9(17)6-12(18)19/h1-2,5,9H,3-4,6-7H2,(H,16,20)(H,18,19). The molecule has 1 fully saturated rings. The smallest absolute Gasteiger partial charge is 0.322 e. The van der Waals surface area contributed by atoms with Crippen LogP contribution >= 0.6 is 23.4 Å². The largest absolute Gasteiger partial charge is 0.481 e. The Hall–Kier alpha value is -1.47. The Labute approximate surface area is 130 Å². The lowest BCUT2D eigenvalue weighted by molar-refractivity contribution is -0.137. The fraction of sp³-hybridized carbons (Fsp3) is 0.385. The first-order valence-electron chi connectivity index (χ1n) is 6.29. The summed E-state index contributed by atoms with van der Waals surface area (Å²) in [6.45, 7) is 0.427. The van der Waals surface area contributed by atoms with Gasteiger partial charge in [0.2, 0.25) is 0 Å². The lowest BCUT2D eigenvalue weighted by Crippen LogP contribution is -2.49. The summed E-state index contributed by atoms with van der Waals surface area (Å²) in [5.41, 5.74) is -0.0141. The van der Waals surface area contributed by atoms with Crippen LogP contribution in [0.2, 0.25) is 5.02 Å². The Morgan fingerprint density at radius 2 is 2.29 bits per heavy atom. The summed E-state index contributed by atoms with van der Waals surface area (Å²) in [7, 11) is 0. The van der Waals surface area contributed by atoms with Crippen LogP contribution in [0.4, 0.5) is 14.9 Å². The number of rotatable bonds is 3. The Bertz CT molecular complexity index is 558. The number of aliphatic carboxylic acids is 1. The number of halogens is 2. The monoisotopic (exact) mass is 332 g/mol. The van der Waals surface area contributed by atoms with Gasteiger partial charge in [0.05, 0.1) is 18.2 Å². The number of carboxylic acid groups (broad SMARTS) is 1. The molecule has 8 heteroatoms. The van der Waals surface area contributed by atoms with Crippen LogP contribution in [0.15, 0.2) is 18.2 Å². The molecule has 1 heterocycles. The van der Waals surface area contributed by atoms with Crippen LogP contribution in [0.1, 0.15) is 6.42 Å². The van der Waals surface area contributed by atoms with Crippen molar-refractivity contribution in [2.75, 3.05) is 23.4 Å². The number of thioether (sulfide) groups is 1. The van der Waals surface area contributed by atoms with Crippen LogP contribution in [0, 0.1) is 5.82 Å². The molecular formula is C13H14ClFN2O3S. The Morgan fingerprint density at radius 3 is 3.00 bits per heavy atom. The summed E-state index contributed by atoms with van der Waals surface area (Å²) in [5, 5.41) is 11.6. The molecule has 0 saturated carbocycles. The van der Waals surface area contributed by atoms with Gasteiger partial charge in [-0.15, -0.1) is 0 Å². The second-order valence-corrected chi connectivity index (χ2v) is 6.16. The number of carboxylic acids is 1. The molecule has 1 saturated heterocycles. The van der Waals surface area contributed by atoms with Gasteiger partial charge in [-0.3, -0.25) is 4.79 Å². The van der Waals surface area contributed by atoms with Crippen molar-refractivity contribution in [1.82, 2.24) is 4.90 Å². The first-order chi connectivity index (χ1) is 9.97. The molecule has 1 aliphatic rings. The molecule has 1 aromatic carbocycles. The van der Waals surface area contributed by atoms with Crippen molar-refractivity contribution in [3.8, 4) is 0 Å². The van der Waals surface area contributed by atoms with Crippen LogP contribution in [-0.2, 0) is 4.79 Å². The van der Waals surface area contributed by atoms with Gasteiger partial charge in [0.1, 0.15) is 5.82 Å². The summed E-state index contributed by atoms with van der Waals surface area (Å²) >= 11 is 7.37. The lowest BCUT2D eigenvalue weighted by Gasteiger charge is -2.34. The summed E-state index contributed by atoms with van der Waals surface area (Å²) in [6, 6.07) is 2.96. The van der Waals surface area contributed by atoms with Gasteiger partial charge in [0.25, 0.3) is 0 Å². The van der Waals surface area contributed by atoms with E-state index < -0.39 is 23.9 Å². The molecule has 1 unspecified atom stereocenters. The summed E-state index contributed by atoms with van der Waals surface area (Å²) in [5.74, 6) is -0.276. The van der Waals surface area contributed by atoms with Crippen LogP contribution in [0.3, 0.4) is 0 Å². The third-order valence-electron chi connectivity index (χ3n) is 3.07. The maximum atomic E-state index is 13.6. The topological polar surface area (TPSA) is 69.6 Å². The highest BCUT2D eigenvalue weighted by Crippen LogP contribution is 2.23. The van der Waals surface area contributed by atoms with E-state index in [1.165, 1.54) is 23.1 Å². The first kappa shape index (κ1) is 15.9. The van der Waals surface area contributed by atoms with E-state index >= 15 is 0 Å². The van der Waals surface area contributed by atoms with Crippen LogP contribution < -0.4 is 5.32 Å². The van der Waals surface area contributed by atoms with E-state index in [9.17, 15) is 14.0 Å². The van der Waals surface area contributed by atoms with E-state index in [2.05, 4.69) is 5.32 Å². The third-order valence-corrected chi connectivity index (χ3v) is 4.40. The summed E-state index contributed by atoms with van der Waals surface area (Å²) in [4.78, 5) is 24.5. The lowest BCUT2D eigenvalue weighted by atomic mass is 10.2. The van der Waals surface area contributed by atoms with Gasteiger partial charge in [-0.1, -0.05) is 11.6 Å². The van der Waals surface area contributed by atoms with Crippen LogP contribution in [0.5, 0.6) is 0 Å². The van der Waals surface area contributed by atoms with Crippen molar-refractivity contribution >= 4 is 41.1 Å². The zero-order chi connectivity index (χ0) is 15.4. The van der Waals surface area contributed by atoms with Crippen molar-refractivity contribution in [3.05, 3.63) is 29.0 Å². The van der Waals surface area contributed by atoms with E-state index in [4.69, 9.17) is 16.7 Å². The predicted octanol–water partition coefficient (Wildman–Crippen LogP) is 2.90. The number of hydrogen-bond donors (Lipinski definition) is 2. The number of benzene rings is 1. The van der Waals surface area contributed by atoms with Gasteiger partial charge in [-0.2, -0.15) is 11.8 Å². The molecule has 1 atom stereocenters. The molecule has 0 radical (unpaired) electrons. The maximum absolute atomic E-state index is 13.6. The highest BCUT2D eigenvalue weighted by Gasteiger charge is 2.29. The van der Waals surface area contributed by atoms with E-state index in [0.717, 1.165) is 5.75 Å². The second kappa shape index (κ2) is 7.00. The number of carbonyl (C=O) groups is 2. The maximum Gasteiger partial charge on any atom is 0.322 e. The normalized spacial score (nSPS) is 18.4. The van der Waals surface area contributed by atoms with Gasteiger partial charge < -0.3 is 15.3 Å². The van der Waals surface area contributed by atoms with E-state index in [0.29, 0.717) is 17.3 Å². The number of nitrogens with one attached hydrogen (secondary N) is 1. The zero-order valence-corrected chi connectivity index (χ0v) is 12.6. The number of amides is 2. The van der Waals surface area contributed by atoms with Gasteiger partial charge >= 0.3 is 12.0 Å². The second-order valence-electron chi connectivity index (χ2n) is 4.57. The summed E-state index contributed by atoms with van der Waals surface area (Å²) in [6.07, 6.45) is -0.127. The van der Waals surface area contributed by atoms with Gasteiger partial charge in [0, 0.05) is 23.1 Å². The molecule has 1 aromatic rings. The molecule has 5 nitrogen and oxygen atoms in total. The van der Waals surface area contributed by atoms with Crippen molar-refractivity contribution in [2.45, 2.75) is 12.5 Å². The number of carbonyl (C=O) groups excluding carboxylic acids is 1. The first-order valence-corrected chi connectivity index (χ1v) is 7.83. The predicted molar refractivity (Wildman–Crippen MR) is 80.5 cm³/mol. The van der Waals surface area contributed by atoms with Gasteiger partial charge in [-0.25, -0.2) is 9.18 Å². The van der Waals surface area contributed by atoms with Crippen molar-refractivity contribution in [1.29, 1.82) is 0 Å². The Kier molecular flexibility index (Phi) is 5.30. The van der Waals surface area contributed by atoms with Gasteiger partial charge in [-0.05, 0) is 18.2 Å². The number of nitrogens with zero attached hydrogens (tertiary/aromatic N) is 1. The fourth-order valence-electron chi connectivity index (χ4n) is 2.07. The molecule has 0 spiro atoms. The summed E-state index contributed by atoms with van der Waals surface area (Å²) < 4.78 is 13.6. The Morgan fingerprint density at radius 1 is 1.52 bits per heavy atom. The fourth-order valence-corrected chi connectivity index (χ4v) is 3.31. The number of hydrogen-bond acceptors (Lipinski definition) is 3.